The van der Waals surface area contributed by atoms with E-state index in [-0.39, 0.29) is 23.9 Å². The zero-order chi connectivity index (χ0) is 24.8. The van der Waals surface area contributed by atoms with E-state index in [0.29, 0.717) is 41.6 Å². The van der Waals surface area contributed by atoms with Gasteiger partial charge in [0.2, 0.25) is 0 Å². The summed E-state index contributed by atoms with van der Waals surface area (Å²) in [5.74, 6) is 1.93. The molecule has 4 aromatic rings. The fraction of sp³-hybridized carbons (Fsp3) is 0.0400. The van der Waals surface area contributed by atoms with Crippen LogP contribution in [0.2, 0.25) is 30.1 Å². The predicted molar refractivity (Wildman–Crippen MR) is 150 cm³/mol. The number of rotatable bonds is 4. The zero-order valence-corrected chi connectivity index (χ0v) is 23.2. The van der Waals surface area contributed by atoms with E-state index in [1.54, 1.807) is 54.6 Å². The van der Waals surface area contributed by atoms with Crippen molar-refractivity contribution in [3.05, 3.63) is 108 Å². The maximum absolute atomic E-state index is 9.62. The third kappa shape index (κ3) is 8.73. The van der Waals surface area contributed by atoms with Gasteiger partial charge >= 0.3 is 0 Å². The predicted octanol–water partition coefficient (Wildman–Crippen LogP) is 11.3. The Morgan fingerprint density at radius 2 is 0.886 bits per heavy atom. The first kappa shape index (κ1) is 29.5. The van der Waals surface area contributed by atoms with Crippen LogP contribution in [0.1, 0.15) is 5.56 Å². The summed E-state index contributed by atoms with van der Waals surface area (Å²) in [4.78, 5) is 0. The molecule has 0 saturated carbocycles. The van der Waals surface area contributed by atoms with Crippen molar-refractivity contribution in [2.75, 3.05) is 0 Å². The van der Waals surface area contributed by atoms with Gasteiger partial charge in [0.25, 0.3) is 0 Å². The highest BCUT2D eigenvalue weighted by Gasteiger charge is 2.08. The molecular formula is C25H17Cl7O3. The molecule has 3 nitrogen and oxygen atoms in total. The van der Waals surface area contributed by atoms with E-state index in [2.05, 4.69) is 0 Å². The summed E-state index contributed by atoms with van der Waals surface area (Å²) in [5.41, 5.74) is 0.948. The largest absolute Gasteiger partial charge is 0.504 e. The van der Waals surface area contributed by atoms with Crippen LogP contribution in [0, 0.1) is 6.92 Å². The van der Waals surface area contributed by atoms with Crippen molar-refractivity contribution in [1.29, 1.82) is 0 Å². The van der Waals surface area contributed by atoms with Gasteiger partial charge in [0.1, 0.15) is 17.2 Å². The first-order valence-corrected chi connectivity index (χ1v) is 11.9. The lowest BCUT2D eigenvalue weighted by Gasteiger charge is -2.10. The van der Waals surface area contributed by atoms with Gasteiger partial charge in [-0.15, -0.1) is 12.4 Å². The number of aromatic hydroxyl groups is 1. The molecule has 0 bridgehead atoms. The van der Waals surface area contributed by atoms with Crippen LogP contribution >= 0.6 is 82.0 Å². The Kier molecular flexibility index (Phi) is 11.5. The highest BCUT2D eigenvalue weighted by Crippen LogP contribution is 2.37. The van der Waals surface area contributed by atoms with Crippen molar-refractivity contribution < 1.29 is 14.6 Å². The molecular weight excluding hydrogens is 596 g/mol. The first-order valence-electron chi connectivity index (χ1n) is 9.63. The van der Waals surface area contributed by atoms with E-state index in [1.807, 2.05) is 19.1 Å². The van der Waals surface area contributed by atoms with Crippen LogP contribution in [-0.4, -0.2) is 5.11 Å². The Morgan fingerprint density at radius 1 is 0.514 bits per heavy atom. The minimum atomic E-state index is -0.0523. The van der Waals surface area contributed by atoms with Crippen molar-refractivity contribution in [3.8, 4) is 28.7 Å². The molecule has 0 saturated heterocycles. The Labute approximate surface area is 239 Å². The number of phenolic OH excluding ortho intramolecular Hbond substituents is 1. The molecule has 10 heteroatoms. The van der Waals surface area contributed by atoms with Crippen molar-refractivity contribution in [2.45, 2.75) is 6.92 Å². The zero-order valence-electron chi connectivity index (χ0n) is 17.9. The van der Waals surface area contributed by atoms with Crippen LogP contribution in [0.25, 0.3) is 0 Å². The minimum Gasteiger partial charge on any atom is -0.504 e. The normalized spacial score (nSPS) is 10.0. The topological polar surface area (TPSA) is 38.7 Å². The van der Waals surface area contributed by atoms with E-state index in [1.165, 1.54) is 6.07 Å². The van der Waals surface area contributed by atoms with Crippen LogP contribution in [0.15, 0.2) is 72.8 Å². The standard InChI is InChI=1S/C13H9Cl3O.C12H7Cl3O2.ClH/c1-8-6-9(14)2-4-12(8)17-13-5-3-10(15)7-11(13)16;13-7-1-3-11(9(15)5-7)17-12-4-2-8(14)6-10(12)16;/h2-7H,1H3;1-6,16H;1H. The smallest absolute Gasteiger partial charge is 0.169 e. The highest BCUT2D eigenvalue weighted by atomic mass is 35.5. The van der Waals surface area contributed by atoms with E-state index in [4.69, 9.17) is 79.1 Å². The van der Waals surface area contributed by atoms with Crippen molar-refractivity contribution in [2.24, 2.45) is 0 Å². The third-order valence-electron chi connectivity index (χ3n) is 4.29. The summed E-state index contributed by atoms with van der Waals surface area (Å²) in [6, 6.07) is 19.9. The second kappa shape index (κ2) is 13.6. The van der Waals surface area contributed by atoms with Crippen molar-refractivity contribution >= 4 is 82.0 Å². The van der Waals surface area contributed by atoms with E-state index in [9.17, 15) is 5.11 Å². The monoisotopic (exact) mass is 610 g/mol. The third-order valence-corrected chi connectivity index (χ3v) is 5.82. The van der Waals surface area contributed by atoms with Gasteiger partial charge in [-0.25, -0.2) is 0 Å². The summed E-state index contributed by atoms with van der Waals surface area (Å²) in [6.45, 7) is 1.92. The van der Waals surface area contributed by atoms with Gasteiger partial charge in [-0.1, -0.05) is 69.6 Å². The molecule has 184 valence electrons. The highest BCUT2D eigenvalue weighted by molar-refractivity contribution is 6.36. The molecule has 4 aromatic carbocycles. The molecule has 0 aliphatic heterocycles. The quantitative estimate of drug-likeness (QED) is 0.249. The molecule has 0 heterocycles. The molecule has 0 unspecified atom stereocenters. The molecule has 0 atom stereocenters. The lowest BCUT2D eigenvalue weighted by Crippen LogP contribution is -1.88. The van der Waals surface area contributed by atoms with Crippen molar-refractivity contribution in [1.82, 2.24) is 0 Å². The van der Waals surface area contributed by atoms with Crippen molar-refractivity contribution in [3.63, 3.8) is 0 Å². The van der Waals surface area contributed by atoms with E-state index in [0.717, 1.165) is 11.3 Å². The van der Waals surface area contributed by atoms with Crippen LogP contribution in [-0.2, 0) is 0 Å². The van der Waals surface area contributed by atoms with Gasteiger partial charge in [-0.3, -0.25) is 0 Å². The molecule has 0 aromatic heterocycles. The van der Waals surface area contributed by atoms with Gasteiger partial charge in [-0.2, -0.15) is 0 Å². The molecule has 0 spiro atoms. The summed E-state index contributed by atoms with van der Waals surface area (Å²) < 4.78 is 11.2. The number of halogens is 7. The Morgan fingerprint density at radius 3 is 1.31 bits per heavy atom. The van der Waals surface area contributed by atoms with Gasteiger partial charge in [0, 0.05) is 26.2 Å². The maximum atomic E-state index is 9.62. The average molecular weight is 614 g/mol. The number of hydrogen-bond donors (Lipinski definition) is 1. The fourth-order valence-electron chi connectivity index (χ4n) is 2.66. The Hall–Kier alpha value is -1.69. The molecule has 0 fully saturated rings. The average Bonchev–Trinajstić information content (AvgIpc) is 2.76. The van der Waals surface area contributed by atoms with Crippen LogP contribution in [0.4, 0.5) is 0 Å². The van der Waals surface area contributed by atoms with E-state index >= 15 is 0 Å². The van der Waals surface area contributed by atoms with Gasteiger partial charge < -0.3 is 14.6 Å². The lowest BCUT2D eigenvalue weighted by molar-refractivity contribution is 0.411. The Balaban J connectivity index is 0.000000240. The van der Waals surface area contributed by atoms with Gasteiger partial charge in [0.05, 0.1) is 10.0 Å². The number of aryl methyl sites for hydroxylation is 1. The molecule has 0 aliphatic rings. The van der Waals surface area contributed by atoms with Gasteiger partial charge in [-0.05, 0) is 79.2 Å². The number of phenols is 1. The Bertz CT molecular complexity index is 1110. The summed E-state index contributed by atoms with van der Waals surface area (Å²) >= 11 is 35.1. The minimum absolute atomic E-state index is 0. The summed E-state index contributed by atoms with van der Waals surface area (Å²) in [6.07, 6.45) is 0. The van der Waals surface area contributed by atoms with Crippen LogP contribution in [0.5, 0.6) is 28.7 Å². The second-order valence-electron chi connectivity index (χ2n) is 6.88. The molecule has 0 radical (unpaired) electrons. The summed E-state index contributed by atoms with van der Waals surface area (Å²) in [5, 5.41) is 12.7. The molecule has 35 heavy (non-hydrogen) atoms. The van der Waals surface area contributed by atoms with Crippen LogP contribution < -0.4 is 9.47 Å². The molecule has 0 aliphatic carbocycles. The van der Waals surface area contributed by atoms with Gasteiger partial charge in [0.15, 0.2) is 11.5 Å². The second-order valence-corrected chi connectivity index (χ2v) is 9.44. The number of ether oxygens (including phenoxy) is 2. The number of hydrogen-bond acceptors (Lipinski definition) is 3. The summed E-state index contributed by atoms with van der Waals surface area (Å²) in [7, 11) is 0. The van der Waals surface area contributed by atoms with Crippen LogP contribution in [0.3, 0.4) is 0 Å². The lowest BCUT2D eigenvalue weighted by atomic mass is 10.2. The maximum Gasteiger partial charge on any atom is 0.169 e. The molecule has 4 rings (SSSR count). The SMILES string of the molecule is Cc1cc(Cl)ccc1Oc1ccc(Cl)cc1Cl.Cl.Oc1cc(Cl)ccc1Oc1ccc(Cl)cc1Cl. The molecule has 1 N–H and O–H groups in total. The fourth-order valence-corrected chi connectivity index (χ4v) is 3.94. The number of benzene rings is 4. The molecule has 0 amide bonds. The van der Waals surface area contributed by atoms with E-state index < -0.39 is 0 Å². The first-order chi connectivity index (χ1) is 16.1.